The molecule has 3 amide bonds. The molecule has 0 unspecified atom stereocenters. The zero-order chi connectivity index (χ0) is 21.3. The highest BCUT2D eigenvalue weighted by Crippen LogP contribution is 2.03. The van der Waals surface area contributed by atoms with E-state index in [4.69, 9.17) is 21.7 Å². The van der Waals surface area contributed by atoms with Crippen molar-refractivity contribution in [1.29, 1.82) is 0 Å². The largest absolute Gasteiger partial charge is 0.481 e. The molecule has 0 aliphatic rings. The van der Waals surface area contributed by atoms with Crippen molar-refractivity contribution in [3.8, 4) is 0 Å². The van der Waals surface area contributed by atoms with Crippen LogP contribution in [0.2, 0.25) is 0 Å². The molecule has 0 spiro atoms. The molecule has 1 aromatic rings. The van der Waals surface area contributed by atoms with Crippen molar-refractivity contribution in [3.63, 3.8) is 0 Å². The predicted octanol–water partition coefficient (Wildman–Crippen LogP) is -2.04. The summed E-state index contributed by atoms with van der Waals surface area (Å²) < 4.78 is 0. The Morgan fingerprint density at radius 3 is 1.96 bits per heavy atom. The third-order valence-corrected chi connectivity index (χ3v) is 3.67. The van der Waals surface area contributed by atoms with E-state index in [1.54, 1.807) is 30.3 Å². The normalized spacial score (nSPS) is 13.6. The van der Waals surface area contributed by atoms with Gasteiger partial charge in [-0.25, -0.2) is 4.79 Å². The van der Waals surface area contributed by atoms with Crippen molar-refractivity contribution < 1.29 is 34.2 Å². The van der Waals surface area contributed by atoms with Crippen molar-refractivity contribution in [1.82, 2.24) is 10.6 Å². The van der Waals surface area contributed by atoms with E-state index in [9.17, 15) is 24.0 Å². The molecule has 0 fully saturated rings. The number of nitrogens with two attached hydrogens (primary N) is 2. The van der Waals surface area contributed by atoms with E-state index in [-0.39, 0.29) is 6.42 Å². The highest BCUT2D eigenvalue weighted by molar-refractivity contribution is 5.95. The first-order chi connectivity index (χ1) is 13.1. The van der Waals surface area contributed by atoms with Gasteiger partial charge < -0.3 is 32.3 Å². The molecule has 0 saturated carbocycles. The van der Waals surface area contributed by atoms with Crippen LogP contribution in [0.25, 0.3) is 0 Å². The summed E-state index contributed by atoms with van der Waals surface area (Å²) in [5.74, 6) is -5.78. The summed E-state index contributed by atoms with van der Waals surface area (Å²) in [5, 5.41) is 21.9. The van der Waals surface area contributed by atoms with Gasteiger partial charge in [0.2, 0.25) is 17.7 Å². The molecule has 11 heteroatoms. The van der Waals surface area contributed by atoms with Crippen LogP contribution in [0.1, 0.15) is 18.4 Å². The van der Waals surface area contributed by atoms with Crippen LogP contribution >= 0.6 is 0 Å². The van der Waals surface area contributed by atoms with Gasteiger partial charge in [0.1, 0.15) is 12.1 Å². The van der Waals surface area contributed by atoms with Crippen molar-refractivity contribution in [2.24, 2.45) is 11.5 Å². The fourth-order valence-corrected chi connectivity index (χ4v) is 2.30. The molecule has 11 nitrogen and oxygen atoms in total. The first-order valence-electron chi connectivity index (χ1n) is 8.23. The number of carbonyl (C=O) groups excluding carboxylic acids is 3. The number of rotatable bonds is 11. The van der Waals surface area contributed by atoms with E-state index >= 15 is 0 Å². The molecule has 152 valence electrons. The number of primary amides is 1. The molecule has 1 aromatic carbocycles. The maximum Gasteiger partial charge on any atom is 0.326 e. The Bertz CT molecular complexity index is 738. The summed E-state index contributed by atoms with van der Waals surface area (Å²) in [5.41, 5.74) is 11.6. The minimum Gasteiger partial charge on any atom is -0.481 e. The summed E-state index contributed by atoms with van der Waals surface area (Å²) in [6.07, 6.45) is -1.34. The second-order valence-electron chi connectivity index (χ2n) is 6.03. The predicted molar refractivity (Wildman–Crippen MR) is 95.7 cm³/mol. The Morgan fingerprint density at radius 1 is 0.893 bits per heavy atom. The number of hydrogen-bond donors (Lipinski definition) is 6. The van der Waals surface area contributed by atoms with Gasteiger partial charge in [0.15, 0.2) is 0 Å². The second kappa shape index (κ2) is 10.6. The van der Waals surface area contributed by atoms with Gasteiger partial charge in [-0.15, -0.1) is 0 Å². The minimum atomic E-state index is -1.74. The van der Waals surface area contributed by atoms with Crippen molar-refractivity contribution in [3.05, 3.63) is 35.9 Å². The topological polar surface area (TPSA) is 202 Å². The zero-order valence-electron chi connectivity index (χ0n) is 14.8. The van der Waals surface area contributed by atoms with E-state index < -0.39 is 60.6 Å². The quantitative estimate of drug-likeness (QED) is 0.246. The SMILES string of the molecule is NC(=O)C[C@H](NC(=O)[C@@H](N)Cc1ccccc1)C(=O)N[C@@H](CC(=O)O)C(=O)O. The summed E-state index contributed by atoms with van der Waals surface area (Å²) in [6.45, 7) is 0. The van der Waals surface area contributed by atoms with Gasteiger partial charge in [0.25, 0.3) is 0 Å². The number of amides is 3. The molecule has 0 aromatic heterocycles. The number of carboxylic acids is 2. The fraction of sp³-hybridized carbons (Fsp3) is 0.353. The summed E-state index contributed by atoms with van der Waals surface area (Å²) >= 11 is 0. The van der Waals surface area contributed by atoms with Crippen molar-refractivity contribution >= 4 is 29.7 Å². The third kappa shape index (κ3) is 7.83. The van der Waals surface area contributed by atoms with Crippen molar-refractivity contribution in [2.75, 3.05) is 0 Å². The summed E-state index contributed by atoms with van der Waals surface area (Å²) in [6, 6.07) is 4.54. The molecule has 0 heterocycles. The number of hydrogen-bond acceptors (Lipinski definition) is 6. The molecule has 0 saturated heterocycles. The number of carbonyl (C=O) groups is 5. The van der Waals surface area contributed by atoms with E-state index in [1.807, 2.05) is 5.32 Å². The first-order valence-corrected chi connectivity index (χ1v) is 8.23. The molecule has 0 radical (unpaired) electrons. The van der Waals surface area contributed by atoms with Crippen LogP contribution in [0.15, 0.2) is 30.3 Å². The molecular weight excluding hydrogens is 372 g/mol. The standard InChI is InChI=1S/C17H22N4O7/c18-10(6-9-4-2-1-3-5-9)15(25)20-11(7-13(19)22)16(26)21-12(17(27)28)8-14(23)24/h1-5,10-12H,6-8,18H2,(H2,19,22)(H,20,25)(H,21,26)(H,23,24)(H,27,28)/t10-,11-,12-/m0/s1. The molecule has 1 rings (SSSR count). The molecule has 0 aliphatic carbocycles. The van der Waals surface area contributed by atoms with Crippen LogP contribution in [0.5, 0.6) is 0 Å². The minimum absolute atomic E-state index is 0.161. The average Bonchev–Trinajstić information content (AvgIpc) is 2.60. The van der Waals surface area contributed by atoms with Crippen LogP contribution in [0, 0.1) is 0 Å². The van der Waals surface area contributed by atoms with Gasteiger partial charge in [-0.3, -0.25) is 19.2 Å². The smallest absolute Gasteiger partial charge is 0.326 e. The van der Waals surface area contributed by atoms with Gasteiger partial charge in [-0.1, -0.05) is 30.3 Å². The van der Waals surface area contributed by atoms with Crippen LogP contribution in [-0.2, 0) is 30.4 Å². The highest BCUT2D eigenvalue weighted by Gasteiger charge is 2.30. The Morgan fingerprint density at radius 2 is 1.46 bits per heavy atom. The summed E-state index contributed by atoms with van der Waals surface area (Å²) in [7, 11) is 0. The van der Waals surface area contributed by atoms with Crippen LogP contribution in [0.4, 0.5) is 0 Å². The number of aliphatic carboxylic acids is 2. The van der Waals surface area contributed by atoms with E-state index in [0.717, 1.165) is 5.56 Å². The molecular formula is C17H22N4O7. The van der Waals surface area contributed by atoms with Crippen molar-refractivity contribution in [2.45, 2.75) is 37.4 Å². The van der Waals surface area contributed by atoms with Gasteiger partial charge >= 0.3 is 11.9 Å². The Hall–Kier alpha value is -3.47. The molecule has 8 N–H and O–H groups in total. The van der Waals surface area contributed by atoms with Gasteiger partial charge in [0.05, 0.1) is 18.9 Å². The molecule has 3 atom stereocenters. The zero-order valence-corrected chi connectivity index (χ0v) is 14.8. The third-order valence-electron chi connectivity index (χ3n) is 3.67. The van der Waals surface area contributed by atoms with Gasteiger partial charge in [-0.05, 0) is 12.0 Å². The molecule has 0 aliphatic heterocycles. The average molecular weight is 394 g/mol. The highest BCUT2D eigenvalue weighted by atomic mass is 16.4. The Balaban J connectivity index is 2.81. The van der Waals surface area contributed by atoms with Crippen LogP contribution in [0.3, 0.4) is 0 Å². The van der Waals surface area contributed by atoms with Gasteiger partial charge in [-0.2, -0.15) is 0 Å². The lowest BCUT2D eigenvalue weighted by Crippen LogP contribution is -2.56. The first kappa shape index (κ1) is 22.6. The van der Waals surface area contributed by atoms with E-state index in [2.05, 4.69) is 5.32 Å². The lowest BCUT2D eigenvalue weighted by Gasteiger charge is -2.21. The number of carboxylic acid groups (broad SMARTS) is 2. The lowest BCUT2D eigenvalue weighted by molar-refractivity contribution is -0.147. The van der Waals surface area contributed by atoms with Gasteiger partial charge in [0, 0.05) is 0 Å². The molecule has 0 bridgehead atoms. The number of benzene rings is 1. The Kier molecular flexibility index (Phi) is 8.56. The van der Waals surface area contributed by atoms with Crippen LogP contribution in [-0.4, -0.2) is 58.0 Å². The fourth-order valence-electron chi connectivity index (χ4n) is 2.30. The van der Waals surface area contributed by atoms with E-state index in [1.165, 1.54) is 0 Å². The summed E-state index contributed by atoms with van der Waals surface area (Å²) in [4.78, 5) is 57.5. The van der Waals surface area contributed by atoms with E-state index in [0.29, 0.717) is 0 Å². The lowest BCUT2D eigenvalue weighted by atomic mass is 10.0. The second-order valence-corrected chi connectivity index (χ2v) is 6.03. The Labute approximate surface area is 160 Å². The monoisotopic (exact) mass is 394 g/mol. The number of nitrogens with one attached hydrogen (secondary N) is 2. The maximum atomic E-state index is 12.3. The molecule has 28 heavy (non-hydrogen) atoms. The van der Waals surface area contributed by atoms with Crippen LogP contribution < -0.4 is 22.1 Å². The maximum absolute atomic E-state index is 12.3.